The number of rotatable bonds is 2. The first-order chi connectivity index (χ1) is 6.06. The first-order valence-electron chi connectivity index (χ1n) is 3.56. The predicted octanol–water partition coefficient (Wildman–Crippen LogP) is 0.903. The number of hydrogen-bond acceptors (Lipinski definition) is 4. The molecule has 7 heteroatoms. The van der Waals surface area contributed by atoms with Crippen molar-refractivity contribution in [1.29, 1.82) is 0 Å². The normalized spacial score (nSPS) is 9.92. The fourth-order valence-electron chi connectivity index (χ4n) is 0.976. The minimum Gasteiger partial charge on any atom is -0.330 e. The molecule has 0 atom stereocenters. The molecule has 1 aromatic heterocycles. The number of nitrogens with one attached hydrogen (secondary N) is 2. The topological polar surface area (TPSA) is 91.8 Å². The van der Waals surface area contributed by atoms with Gasteiger partial charge in [-0.05, 0) is 18.6 Å². The summed E-state index contributed by atoms with van der Waals surface area (Å²) in [7, 11) is 0. The summed E-state index contributed by atoms with van der Waals surface area (Å²) in [6.07, 6.45) is 0.365. The van der Waals surface area contributed by atoms with E-state index in [1.807, 2.05) is 0 Å². The van der Waals surface area contributed by atoms with E-state index in [2.05, 4.69) is 22.2 Å². The number of aromatic amines is 2. The highest BCUT2D eigenvalue weighted by Gasteiger charge is 2.17. The van der Waals surface area contributed by atoms with Gasteiger partial charge in [-0.2, -0.15) is 0 Å². The maximum Gasteiger partial charge on any atom is 0.352 e. The summed E-state index contributed by atoms with van der Waals surface area (Å²) in [6.45, 7) is 1.70. The van der Waals surface area contributed by atoms with Crippen LogP contribution in [0.2, 0.25) is 0 Å². The van der Waals surface area contributed by atoms with Gasteiger partial charge in [-0.3, -0.25) is 19.9 Å². The van der Waals surface area contributed by atoms with E-state index in [9.17, 15) is 14.9 Å². The molecule has 0 saturated heterocycles. The van der Waals surface area contributed by atoms with Gasteiger partial charge in [0, 0.05) is 0 Å². The number of aromatic nitrogens is 2. The zero-order chi connectivity index (χ0) is 10.0. The third-order valence-corrected chi connectivity index (χ3v) is 1.73. The molecule has 0 radical (unpaired) electrons. The van der Waals surface area contributed by atoms with Crippen LogP contribution in [0.15, 0.2) is 4.79 Å². The smallest absolute Gasteiger partial charge is 0.330 e. The summed E-state index contributed by atoms with van der Waals surface area (Å²) in [4.78, 5) is 25.5. The van der Waals surface area contributed by atoms with Crippen molar-refractivity contribution in [3.05, 3.63) is 30.9 Å². The molecule has 1 rings (SSSR count). The van der Waals surface area contributed by atoms with Crippen molar-refractivity contribution in [2.45, 2.75) is 13.3 Å². The molecular formula is C6H7N3O3S. The van der Waals surface area contributed by atoms with Crippen LogP contribution in [0.3, 0.4) is 0 Å². The van der Waals surface area contributed by atoms with Crippen LogP contribution in [0.25, 0.3) is 0 Å². The van der Waals surface area contributed by atoms with Crippen LogP contribution in [0, 0.1) is 14.9 Å². The molecule has 0 bridgehead atoms. The lowest BCUT2D eigenvalue weighted by molar-refractivity contribution is -0.387. The molecule has 2 N–H and O–H groups in total. The van der Waals surface area contributed by atoms with Gasteiger partial charge in [0.1, 0.15) is 5.69 Å². The van der Waals surface area contributed by atoms with Crippen LogP contribution in [0.1, 0.15) is 12.6 Å². The number of aryl methyl sites for hydroxylation is 1. The SMILES string of the molecule is CCc1[nH]c(=S)[nH]c(=O)c1[N+](=O)[O-]. The largest absolute Gasteiger partial charge is 0.352 e. The van der Waals surface area contributed by atoms with Crippen LogP contribution in [-0.4, -0.2) is 14.9 Å². The molecule has 1 heterocycles. The van der Waals surface area contributed by atoms with Gasteiger partial charge < -0.3 is 4.98 Å². The lowest BCUT2D eigenvalue weighted by Crippen LogP contribution is -2.16. The van der Waals surface area contributed by atoms with Gasteiger partial charge in [0.25, 0.3) is 0 Å². The third-order valence-electron chi connectivity index (χ3n) is 1.53. The quantitative estimate of drug-likeness (QED) is 0.422. The van der Waals surface area contributed by atoms with Crippen LogP contribution in [0.4, 0.5) is 5.69 Å². The molecule has 0 aliphatic heterocycles. The Balaban J connectivity index is 3.57. The van der Waals surface area contributed by atoms with Crippen molar-refractivity contribution in [3.63, 3.8) is 0 Å². The Hall–Kier alpha value is -1.50. The second-order valence-electron chi connectivity index (χ2n) is 2.35. The highest BCUT2D eigenvalue weighted by atomic mass is 32.1. The Labute approximate surface area is 77.8 Å². The number of hydrogen-bond donors (Lipinski definition) is 2. The van der Waals surface area contributed by atoms with E-state index < -0.39 is 16.2 Å². The van der Waals surface area contributed by atoms with E-state index in [0.29, 0.717) is 6.42 Å². The average molecular weight is 201 g/mol. The molecule has 0 fully saturated rings. The van der Waals surface area contributed by atoms with Crippen molar-refractivity contribution in [3.8, 4) is 0 Å². The Kier molecular flexibility index (Phi) is 2.57. The maximum absolute atomic E-state index is 11.1. The molecule has 0 saturated carbocycles. The minimum absolute atomic E-state index is 0.104. The Morgan fingerprint density at radius 1 is 1.54 bits per heavy atom. The second-order valence-corrected chi connectivity index (χ2v) is 2.75. The lowest BCUT2D eigenvalue weighted by Gasteiger charge is -1.97. The Bertz CT molecular complexity index is 447. The van der Waals surface area contributed by atoms with Gasteiger partial charge in [0.2, 0.25) is 0 Å². The average Bonchev–Trinajstić information content (AvgIpc) is 2.01. The van der Waals surface area contributed by atoms with Gasteiger partial charge in [0.05, 0.1) is 4.92 Å². The zero-order valence-electron chi connectivity index (χ0n) is 6.79. The van der Waals surface area contributed by atoms with E-state index in [4.69, 9.17) is 0 Å². The van der Waals surface area contributed by atoms with Crippen molar-refractivity contribution in [1.82, 2.24) is 9.97 Å². The van der Waals surface area contributed by atoms with Crippen LogP contribution in [-0.2, 0) is 6.42 Å². The summed E-state index contributed by atoms with van der Waals surface area (Å²) < 4.78 is 0.104. The summed E-state index contributed by atoms with van der Waals surface area (Å²) in [5.74, 6) is 0. The Morgan fingerprint density at radius 3 is 2.62 bits per heavy atom. The lowest BCUT2D eigenvalue weighted by atomic mass is 10.3. The standard InChI is InChI=1S/C6H7N3O3S/c1-2-3-4(9(11)12)5(10)8-6(13)7-3/h2H2,1H3,(H2,7,8,10,13). The fourth-order valence-corrected chi connectivity index (χ4v) is 1.19. The molecule has 1 aromatic rings. The molecule has 0 unspecified atom stereocenters. The molecule has 13 heavy (non-hydrogen) atoms. The minimum atomic E-state index is -0.759. The third kappa shape index (κ3) is 1.81. The molecule has 0 aliphatic rings. The van der Waals surface area contributed by atoms with Crippen molar-refractivity contribution < 1.29 is 4.92 Å². The van der Waals surface area contributed by atoms with Crippen LogP contribution in [0.5, 0.6) is 0 Å². The monoisotopic (exact) mass is 201 g/mol. The zero-order valence-corrected chi connectivity index (χ0v) is 7.60. The van der Waals surface area contributed by atoms with E-state index in [-0.39, 0.29) is 10.5 Å². The molecular weight excluding hydrogens is 194 g/mol. The van der Waals surface area contributed by atoms with Gasteiger partial charge in [-0.25, -0.2) is 0 Å². The molecule has 0 aromatic carbocycles. The van der Waals surface area contributed by atoms with E-state index >= 15 is 0 Å². The van der Waals surface area contributed by atoms with Crippen LogP contribution < -0.4 is 5.56 Å². The molecule has 0 amide bonds. The molecule has 70 valence electrons. The van der Waals surface area contributed by atoms with Crippen molar-refractivity contribution in [2.75, 3.05) is 0 Å². The summed E-state index contributed by atoms with van der Waals surface area (Å²) in [5, 5.41) is 10.4. The fraction of sp³-hybridized carbons (Fsp3) is 0.333. The highest BCUT2D eigenvalue weighted by molar-refractivity contribution is 7.71. The molecule has 0 aliphatic carbocycles. The van der Waals surface area contributed by atoms with Gasteiger partial charge in [-0.1, -0.05) is 6.92 Å². The van der Waals surface area contributed by atoms with E-state index in [1.54, 1.807) is 6.92 Å². The molecule has 6 nitrogen and oxygen atoms in total. The summed E-state index contributed by atoms with van der Waals surface area (Å²) in [5.41, 5.74) is -0.972. The van der Waals surface area contributed by atoms with Gasteiger partial charge in [-0.15, -0.1) is 0 Å². The molecule has 0 spiro atoms. The van der Waals surface area contributed by atoms with E-state index in [1.165, 1.54) is 0 Å². The first-order valence-corrected chi connectivity index (χ1v) is 3.97. The predicted molar refractivity (Wildman–Crippen MR) is 48.3 cm³/mol. The summed E-state index contributed by atoms with van der Waals surface area (Å²) >= 11 is 4.67. The van der Waals surface area contributed by atoms with Crippen LogP contribution >= 0.6 is 12.2 Å². The highest BCUT2D eigenvalue weighted by Crippen LogP contribution is 2.08. The van der Waals surface area contributed by atoms with Gasteiger partial charge >= 0.3 is 11.2 Å². The first kappa shape index (κ1) is 9.59. The van der Waals surface area contributed by atoms with Crippen molar-refractivity contribution in [2.24, 2.45) is 0 Å². The Morgan fingerprint density at radius 2 is 2.15 bits per heavy atom. The number of H-pyrrole nitrogens is 2. The summed E-state index contributed by atoms with van der Waals surface area (Å²) in [6, 6.07) is 0. The van der Waals surface area contributed by atoms with E-state index in [0.717, 1.165) is 0 Å². The van der Waals surface area contributed by atoms with Gasteiger partial charge in [0.15, 0.2) is 4.77 Å². The number of nitro groups is 1. The number of nitrogens with zero attached hydrogens (tertiary/aromatic N) is 1. The maximum atomic E-state index is 11.1. The van der Waals surface area contributed by atoms with Crippen molar-refractivity contribution >= 4 is 17.9 Å². The second kappa shape index (κ2) is 3.48.